The minimum Gasteiger partial charge on any atom is -0.396 e. The molecule has 4 heteroatoms. The number of nitrogens with one attached hydrogen (secondary N) is 1. The summed E-state index contributed by atoms with van der Waals surface area (Å²) in [4.78, 5) is 4.17. The highest BCUT2D eigenvalue weighted by molar-refractivity contribution is 6.30. The molecule has 0 saturated heterocycles. The van der Waals surface area contributed by atoms with Crippen LogP contribution < -0.4 is 11.1 Å². The Labute approximate surface area is 95.0 Å². The lowest BCUT2D eigenvalue weighted by atomic mass is 10.1. The Morgan fingerprint density at radius 1 is 1.47 bits per heavy atom. The second-order valence-corrected chi connectivity index (χ2v) is 4.56. The van der Waals surface area contributed by atoms with Gasteiger partial charge in [-0.1, -0.05) is 24.4 Å². The molecule has 1 aliphatic carbocycles. The van der Waals surface area contributed by atoms with Crippen molar-refractivity contribution in [2.24, 2.45) is 5.92 Å². The molecule has 0 unspecified atom stereocenters. The predicted octanol–water partition coefficient (Wildman–Crippen LogP) is 2.92. The number of pyridine rings is 1. The van der Waals surface area contributed by atoms with Crippen molar-refractivity contribution < 1.29 is 0 Å². The molecule has 0 spiro atoms. The smallest absolute Gasteiger partial charge is 0.149 e. The van der Waals surface area contributed by atoms with E-state index in [0.717, 1.165) is 18.3 Å². The van der Waals surface area contributed by atoms with Gasteiger partial charge in [-0.2, -0.15) is 0 Å². The van der Waals surface area contributed by atoms with E-state index in [1.807, 2.05) is 0 Å². The average molecular weight is 226 g/mol. The van der Waals surface area contributed by atoms with Crippen LogP contribution in [0.25, 0.3) is 0 Å². The topological polar surface area (TPSA) is 50.9 Å². The Morgan fingerprint density at radius 3 is 2.87 bits per heavy atom. The normalized spacial score (nSPS) is 16.9. The first-order valence-corrected chi connectivity index (χ1v) is 5.78. The van der Waals surface area contributed by atoms with Crippen molar-refractivity contribution in [3.05, 3.63) is 17.3 Å². The molecule has 2 rings (SSSR count). The molecule has 0 bridgehead atoms. The maximum atomic E-state index is 5.80. The van der Waals surface area contributed by atoms with Gasteiger partial charge < -0.3 is 11.1 Å². The quantitative estimate of drug-likeness (QED) is 0.832. The van der Waals surface area contributed by atoms with E-state index in [2.05, 4.69) is 10.3 Å². The van der Waals surface area contributed by atoms with Gasteiger partial charge in [0.15, 0.2) is 0 Å². The molecule has 3 nitrogen and oxygen atoms in total. The van der Waals surface area contributed by atoms with E-state index in [0.29, 0.717) is 10.7 Å². The molecule has 1 heterocycles. The first-order chi connectivity index (χ1) is 7.25. The lowest BCUT2D eigenvalue weighted by Crippen LogP contribution is -2.13. The van der Waals surface area contributed by atoms with Crippen LogP contribution in [-0.2, 0) is 0 Å². The number of nitrogens with zero attached hydrogens (tertiary/aromatic N) is 1. The highest BCUT2D eigenvalue weighted by Gasteiger charge is 2.14. The zero-order chi connectivity index (χ0) is 10.7. The third-order valence-corrected chi connectivity index (χ3v) is 3.12. The number of rotatable bonds is 3. The number of nitrogens with two attached hydrogens (primary N) is 1. The molecule has 1 aromatic heterocycles. The number of anilines is 2. The van der Waals surface area contributed by atoms with Crippen molar-refractivity contribution in [1.29, 1.82) is 0 Å². The maximum absolute atomic E-state index is 5.80. The van der Waals surface area contributed by atoms with E-state index in [-0.39, 0.29) is 0 Å². The van der Waals surface area contributed by atoms with E-state index in [1.54, 1.807) is 12.3 Å². The number of halogens is 1. The van der Waals surface area contributed by atoms with E-state index in [4.69, 9.17) is 17.3 Å². The highest BCUT2D eigenvalue weighted by atomic mass is 35.5. The van der Waals surface area contributed by atoms with Gasteiger partial charge in [-0.25, -0.2) is 4.98 Å². The van der Waals surface area contributed by atoms with E-state index in [9.17, 15) is 0 Å². The van der Waals surface area contributed by atoms with Crippen molar-refractivity contribution in [3.63, 3.8) is 0 Å². The van der Waals surface area contributed by atoms with Gasteiger partial charge in [0.05, 0.1) is 10.7 Å². The van der Waals surface area contributed by atoms with Crippen LogP contribution in [0.4, 0.5) is 11.5 Å². The summed E-state index contributed by atoms with van der Waals surface area (Å²) in [6, 6.07) is 1.73. The Hall–Kier alpha value is -0.960. The lowest BCUT2D eigenvalue weighted by Gasteiger charge is -2.12. The second kappa shape index (κ2) is 4.71. The van der Waals surface area contributed by atoms with Crippen LogP contribution in [0.15, 0.2) is 12.3 Å². The number of nitrogen functional groups attached to an aromatic ring is 1. The third kappa shape index (κ3) is 2.75. The Balaban J connectivity index is 1.92. The van der Waals surface area contributed by atoms with Gasteiger partial charge >= 0.3 is 0 Å². The molecule has 15 heavy (non-hydrogen) atoms. The fourth-order valence-corrected chi connectivity index (χ4v) is 2.22. The average Bonchev–Trinajstić information content (AvgIpc) is 2.69. The van der Waals surface area contributed by atoms with Gasteiger partial charge in [-0.15, -0.1) is 0 Å². The van der Waals surface area contributed by atoms with Crippen molar-refractivity contribution in [3.8, 4) is 0 Å². The summed E-state index contributed by atoms with van der Waals surface area (Å²) in [6.07, 6.45) is 6.97. The Morgan fingerprint density at radius 2 is 2.20 bits per heavy atom. The zero-order valence-corrected chi connectivity index (χ0v) is 9.43. The monoisotopic (exact) mass is 225 g/mol. The summed E-state index contributed by atoms with van der Waals surface area (Å²) >= 11 is 5.77. The van der Waals surface area contributed by atoms with Gasteiger partial charge in [0.1, 0.15) is 5.82 Å². The minimum absolute atomic E-state index is 0.582. The van der Waals surface area contributed by atoms with Crippen LogP contribution in [0.1, 0.15) is 25.7 Å². The predicted molar refractivity (Wildman–Crippen MR) is 64.1 cm³/mol. The maximum Gasteiger partial charge on any atom is 0.149 e. The molecule has 1 aromatic rings. The van der Waals surface area contributed by atoms with Gasteiger partial charge in [0, 0.05) is 12.7 Å². The van der Waals surface area contributed by atoms with Crippen LogP contribution in [0.2, 0.25) is 5.02 Å². The fraction of sp³-hybridized carbons (Fsp3) is 0.545. The first kappa shape index (κ1) is 10.6. The molecule has 0 aliphatic heterocycles. The minimum atomic E-state index is 0.582. The van der Waals surface area contributed by atoms with Crippen molar-refractivity contribution >= 4 is 23.1 Å². The zero-order valence-electron chi connectivity index (χ0n) is 8.67. The highest BCUT2D eigenvalue weighted by Crippen LogP contribution is 2.26. The number of hydrogen-bond donors (Lipinski definition) is 2. The van der Waals surface area contributed by atoms with E-state index >= 15 is 0 Å². The van der Waals surface area contributed by atoms with Gasteiger partial charge in [0.25, 0.3) is 0 Å². The Bertz CT molecular complexity index is 335. The Kier molecular flexibility index (Phi) is 3.31. The third-order valence-electron chi connectivity index (χ3n) is 2.92. The summed E-state index contributed by atoms with van der Waals surface area (Å²) in [5, 5.41) is 3.87. The number of aromatic nitrogens is 1. The van der Waals surface area contributed by atoms with Crippen LogP contribution in [0, 0.1) is 5.92 Å². The van der Waals surface area contributed by atoms with Gasteiger partial charge in [-0.05, 0) is 24.8 Å². The second-order valence-electron chi connectivity index (χ2n) is 4.12. The summed E-state index contributed by atoms with van der Waals surface area (Å²) in [5.74, 6) is 1.54. The van der Waals surface area contributed by atoms with Gasteiger partial charge in [0.2, 0.25) is 0 Å². The molecule has 1 saturated carbocycles. The fourth-order valence-electron chi connectivity index (χ4n) is 2.06. The molecule has 0 aromatic carbocycles. The summed E-state index contributed by atoms with van der Waals surface area (Å²) < 4.78 is 0. The van der Waals surface area contributed by atoms with Gasteiger partial charge in [-0.3, -0.25) is 0 Å². The van der Waals surface area contributed by atoms with Crippen molar-refractivity contribution in [2.75, 3.05) is 17.6 Å². The van der Waals surface area contributed by atoms with E-state index < -0.39 is 0 Å². The van der Waals surface area contributed by atoms with Crippen LogP contribution in [0.5, 0.6) is 0 Å². The summed E-state index contributed by atoms with van der Waals surface area (Å²) in [6.45, 7) is 0.971. The molecule has 0 radical (unpaired) electrons. The molecule has 82 valence electrons. The summed E-state index contributed by atoms with van der Waals surface area (Å²) in [5.41, 5.74) is 6.42. The lowest BCUT2D eigenvalue weighted by molar-refractivity contribution is 0.579. The first-order valence-electron chi connectivity index (χ1n) is 5.40. The largest absolute Gasteiger partial charge is 0.396 e. The van der Waals surface area contributed by atoms with E-state index in [1.165, 1.54) is 25.7 Å². The SMILES string of the molecule is Nc1cc(Cl)cnc1NCC1CCCC1. The molecule has 1 aliphatic rings. The van der Waals surface area contributed by atoms with Crippen LogP contribution in [0.3, 0.4) is 0 Å². The van der Waals surface area contributed by atoms with Crippen molar-refractivity contribution in [1.82, 2.24) is 4.98 Å². The molecular formula is C11H16ClN3. The molecule has 1 fully saturated rings. The van der Waals surface area contributed by atoms with Crippen LogP contribution in [-0.4, -0.2) is 11.5 Å². The molecular weight excluding hydrogens is 210 g/mol. The van der Waals surface area contributed by atoms with Crippen molar-refractivity contribution in [2.45, 2.75) is 25.7 Å². The molecule has 0 atom stereocenters. The summed E-state index contributed by atoms with van der Waals surface area (Å²) in [7, 11) is 0. The molecule has 3 N–H and O–H groups in total. The molecule has 0 amide bonds. The van der Waals surface area contributed by atoms with Crippen LogP contribution >= 0.6 is 11.6 Å². The number of hydrogen-bond acceptors (Lipinski definition) is 3. The standard InChI is InChI=1S/C11H16ClN3/c12-9-5-10(13)11(15-7-9)14-6-8-3-1-2-4-8/h5,7-8H,1-4,6,13H2,(H,14,15).